The second kappa shape index (κ2) is 9.89. The van der Waals surface area contributed by atoms with Gasteiger partial charge in [0.05, 0.1) is 0 Å². The zero-order valence-electron chi connectivity index (χ0n) is 17.5. The van der Waals surface area contributed by atoms with Crippen LogP contribution in [0.4, 0.5) is 83.4 Å². The van der Waals surface area contributed by atoms with E-state index >= 15 is 0 Å². The minimum Gasteiger partial charge on any atom is -0.428 e. The molecule has 1 rings (SSSR count). The topological polar surface area (TPSA) is 43.4 Å². The molecule has 0 N–H and O–H groups in total. The highest BCUT2D eigenvalue weighted by atomic mass is 35.7. The monoisotopic (exact) mass is 672 g/mol. The van der Waals surface area contributed by atoms with Crippen LogP contribution in [0.5, 0.6) is 5.75 Å². The second-order valence-corrected chi connectivity index (χ2v) is 9.63. The van der Waals surface area contributed by atoms with Gasteiger partial charge in [0.2, 0.25) is 5.83 Å². The van der Waals surface area contributed by atoms with Crippen LogP contribution in [0.3, 0.4) is 0 Å². The van der Waals surface area contributed by atoms with Gasteiger partial charge in [-0.1, -0.05) is 12.1 Å². The zero-order valence-corrected chi connectivity index (χ0v) is 19.1. The standard InChI is InChI=1S/C16H4ClF19O3S/c17-40(37,38)6-4-2-1-3-5(6)39-8(19)7(18)9(20,21)10(22,23)11(24,25)12(26,27)13(28,29)14(30,31)15(32,33)16(34,35)36/h1-4H. The fraction of sp³-hybridized carbons (Fsp3) is 0.500. The Balaban J connectivity index is 3.74. The molecule has 24 heteroatoms. The van der Waals surface area contributed by atoms with Crippen molar-refractivity contribution in [2.24, 2.45) is 0 Å². The fourth-order valence-electron chi connectivity index (χ4n) is 2.30. The van der Waals surface area contributed by atoms with Gasteiger partial charge in [-0.15, -0.1) is 0 Å². The molecule has 40 heavy (non-hydrogen) atoms. The first-order valence-corrected chi connectivity index (χ1v) is 11.1. The van der Waals surface area contributed by atoms with Crippen molar-refractivity contribution < 1.29 is 96.6 Å². The van der Waals surface area contributed by atoms with Gasteiger partial charge in [-0.25, -0.2) is 8.42 Å². The number of hydrogen-bond donors (Lipinski definition) is 0. The SMILES string of the molecule is O=S(=O)(Cl)c1ccccc1OC(F)=C(F)C(F)(F)C(F)(F)C(F)(F)C(F)(F)C(F)(F)C(F)(F)C(F)(F)C(F)(F)F. The van der Waals surface area contributed by atoms with E-state index in [0.29, 0.717) is 12.1 Å². The maximum absolute atomic E-state index is 13.8. The Morgan fingerprint density at radius 1 is 0.600 bits per heavy atom. The van der Waals surface area contributed by atoms with E-state index in [2.05, 4.69) is 4.74 Å². The molecule has 0 fully saturated rings. The molecule has 1 aromatic carbocycles. The lowest BCUT2D eigenvalue weighted by Gasteiger charge is -2.42. The lowest BCUT2D eigenvalue weighted by Crippen LogP contribution is -2.74. The van der Waals surface area contributed by atoms with Crippen LogP contribution in [0.25, 0.3) is 0 Å². The summed E-state index contributed by atoms with van der Waals surface area (Å²) in [6.07, 6.45) is -7.96. The van der Waals surface area contributed by atoms with Crippen molar-refractivity contribution >= 4 is 19.7 Å². The molecule has 0 aromatic heterocycles. The van der Waals surface area contributed by atoms with E-state index in [4.69, 9.17) is 10.7 Å². The molecule has 232 valence electrons. The molecule has 0 unspecified atom stereocenters. The summed E-state index contributed by atoms with van der Waals surface area (Å²) in [6.45, 7) is 0. The van der Waals surface area contributed by atoms with E-state index in [9.17, 15) is 91.8 Å². The first-order valence-electron chi connectivity index (χ1n) is 8.77. The van der Waals surface area contributed by atoms with E-state index in [1.54, 1.807) is 0 Å². The highest BCUT2D eigenvalue weighted by Gasteiger charge is 2.95. The Labute approximate surface area is 211 Å². The van der Waals surface area contributed by atoms with Crippen LogP contribution in [0.15, 0.2) is 41.0 Å². The molecule has 0 aliphatic heterocycles. The molecule has 0 saturated heterocycles. The summed E-state index contributed by atoms with van der Waals surface area (Å²) < 4.78 is 278. The first kappa shape index (κ1) is 35.7. The van der Waals surface area contributed by atoms with Gasteiger partial charge in [-0.05, 0) is 12.1 Å². The van der Waals surface area contributed by atoms with Crippen molar-refractivity contribution in [1.29, 1.82) is 0 Å². The van der Waals surface area contributed by atoms with Gasteiger partial charge in [-0.3, -0.25) is 0 Å². The molecule has 0 spiro atoms. The van der Waals surface area contributed by atoms with Gasteiger partial charge < -0.3 is 4.74 Å². The number of halogens is 20. The normalized spacial score (nSPS) is 16.1. The average Bonchev–Trinajstić information content (AvgIpc) is 2.76. The number of benzene rings is 1. The third-order valence-electron chi connectivity index (χ3n) is 4.48. The van der Waals surface area contributed by atoms with Crippen molar-refractivity contribution in [3.05, 3.63) is 36.1 Å². The minimum atomic E-state index is -9.01. The summed E-state index contributed by atoms with van der Waals surface area (Å²) >= 11 is 0. The molecule has 0 atom stereocenters. The van der Waals surface area contributed by atoms with Crippen LogP contribution >= 0.6 is 10.7 Å². The lowest BCUT2D eigenvalue weighted by atomic mass is 9.88. The maximum Gasteiger partial charge on any atom is 0.460 e. The Hall–Kier alpha value is -2.33. The van der Waals surface area contributed by atoms with Gasteiger partial charge in [0.1, 0.15) is 10.6 Å². The Morgan fingerprint density at radius 3 is 1.32 bits per heavy atom. The molecular formula is C16H4ClF19O3S. The highest BCUT2D eigenvalue weighted by Crippen LogP contribution is 2.64. The smallest absolute Gasteiger partial charge is 0.428 e. The van der Waals surface area contributed by atoms with E-state index in [1.165, 1.54) is 0 Å². The quantitative estimate of drug-likeness (QED) is 0.143. The van der Waals surface area contributed by atoms with Crippen LogP contribution < -0.4 is 4.74 Å². The van der Waals surface area contributed by atoms with Crippen LogP contribution in [0, 0.1) is 0 Å². The lowest BCUT2D eigenvalue weighted by molar-refractivity contribution is -0.460. The van der Waals surface area contributed by atoms with Crippen LogP contribution in [0.2, 0.25) is 0 Å². The highest BCUT2D eigenvalue weighted by molar-refractivity contribution is 8.13. The van der Waals surface area contributed by atoms with Crippen molar-refractivity contribution in [3.63, 3.8) is 0 Å². The number of para-hydroxylation sites is 1. The Bertz CT molecular complexity index is 1250. The summed E-state index contributed by atoms with van der Waals surface area (Å²) in [5.41, 5.74) is 0. The molecule has 0 saturated carbocycles. The summed E-state index contributed by atoms with van der Waals surface area (Å²) in [7, 11) is -0.287. The maximum atomic E-state index is 13.8. The van der Waals surface area contributed by atoms with Crippen LogP contribution in [0.1, 0.15) is 0 Å². The number of ether oxygens (including phenoxy) is 1. The van der Waals surface area contributed by atoms with Crippen molar-refractivity contribution in [2.75, 3.05) is 0 Å². The number of hydrogen-bond acceptors (Lipinski definition) is 3. The van der Waals surface area contributed by atoms with Gasteiger partial charge in [0.25, 0.3) is 9.05 Å². The molecule has 3 nitrogen and oxygen atoms in total. The first-order chi connectivity index (χ1) is 17.3. The number of rotatable bonds is 10. The molecule has 0 radical (unpaired) electrons. The molecule has 0 heterocycles. The van der Waals surface area contributed by atoms with Crippen molar-refractivity contribution in [2.45, 2.75) is 52.5 Å². The molecule has 1 aromatic rings. The molecule has 0 amide bonds. The third-order valence-corrected chi connectivity index (χ3v) is 5.84. The predicted molar refractivity (Wildman–Crippen MR) is 90.0 cm³/mol. The summed E-state index contributed by atoms with van der Waals surface area (Å²) in [6, 6.07) is -2.01. The van der Waals surface area contributed by atoms with E-state index in [0.717, 1.165) is 6.07 Å². The van der Waals surface area contributed by atoms with Gasteiger partial charge in [0, 0.05) is 10.7 Å². The van der Waals surface area contributed by atoms with Crippen LogP contribution in [-0.2, 0) is 9.05 Å². The van der Waals surface area contributed by atoms with Crippen molar-refractivity contribution in [1.82, 2.24) is 0 Å². The van der Waals surface area contributed by atoms with Crippen molar-refractivity contribution in [3.8, 4) is 5.75 Å². The van der Waals surface area contributed by atoms with Gasteiger partial charge in [-0.2, -0.15) is 83.4 Å². The Kier molecular flexibility index (Phi) is 8.83. The number of alkyl halides is 17. The molecule has 0 aliphatic rings. The van der Waals surface area contributed by atoms with E-state index in [-0.39, 0.29) is 6.07 Å². The molecular weight excluding hydrogens is 669 g/mol. The van der Waals surface area contributed by atoms with Gasteiger partial charge in [0.15, 0.2) is 0 Å². The predicted octanol–water partition coefficient (Wildman–Crippen LogP) is 8.11. The second-order valence-electron chi connectivity index (χ2n) is 7.09. The largest absolute Gasteiger partial charge is 0.460 e. The summed E-state index contributed by atoms with van der Waals surface area (Å²) in [4.78, 5) is -1.47. The average molecular weight is 673 g/mol. The summed E-state index contributed by atoms with van der Waals surface area (Å²) in [5.74, 6) is -66.9. The zero-order chi connectivity index (χ0) is 32.3. The third kappa shape index (κ3) is 5.10. The van der Waals surface area contributed by atoms with Crippen LogP contribution in [-0.4, -0.2) is 56.1 Å². The molecule has 0 aliphatic carbocycles. The van der Waals surface area contributed by atoms with E-state index in [1.807, 2.05) is 0 Å². The van der Waals surface area contributed by atoms with Gasteiger partial charge >= 0.3 is 53.6 Å². The van der Waals surface area contributed by atoms with E-state index < -0.39 is 79.2 Å². The fourth-order valence-corrected chi connectivity index (χ4v) is 3.28. The molecule has 0 bridgehead atoms. The minimum absolute atomic E-state index is 0.199. The summed E-state index contributed by atoms with van der Waals surface area (Å²) in [5, 5.41) is 0. The Morgan fingerprint density at radius 2 is 0.950 bits per heavy atom. The number of allylic oxidation sites excluding steroid dienone is 1.